The molecule has 0 aromatic heterocycles. The lowest BCUT2D eigenvalue weighted by atomic mass is 10.0. The first-order valence-corrected chi connectivity index (χ1v) is 7.66. The van der Waals surface area contributed by atoms with Crippen LogP contribution in [0.4, 0.5) is 0 Å². The van der Waals surface area contributed by atoms with Gasteiger partial charge in [-0.15, -0.1) is 0 Å². The van der Waals surface area contributed by atoms with E-state index in [9.17, 15) is 0 Å². The highest BCUT2D eigenvalue weighted by atomic mass is 35.5. The molecule has 0 radical (unpaired) electrons. The van der Waals surface area contributed by atoms with Gasteiger partial charge in [-0.3, -0.25) is 0 Å². The first-order chi connectivity index (χ1) is 10.7. The van der Waals surface area contributed by atoms with Gasteiger partial charge >= 0.3 is 0 Å². The van der Waals surface area contributed by atoms with Crippen LogP contribution in [0.2, 0.25) is 5.02 Å². The maximum absolute atomic E-state index is 6.25. The van der Waals surface area contributed by atoms with E-state index in [1.807, 2.05) is 24.3 Å². The maximum Gasteiger partial charge on any atom is 0.171 e. The Kier molecular flexibility index (Phi) is 4.34. The van der Waals surface area contributed by atoms with Crippen LogP contribution in [-0.4, -0.2) is 31.6 Å². The van der Waals surface area contributed by atoms with Crippen LogP contribution < -0.4 is 9.47 Å². The summed E-state index contributed by atoms with van der Waals surface area (Å²) in [5, 5.41) is 0.814. The maximum atomic E-state index is 6.25. The first-order valence-electron chi connectivity index (χ1n) is 7.28. The van der Waals surface area contributed by atoms with Gasteiger partial charge in [0.2, 0.25) is 0 Å². The van der Waals surface area contributed by atoms with Crippen molar-refractivity contribution in [2.45, 2.75) is 13.0 Å². The van der Waals surface area contributed by atoms with E-state index < -0.39 is 0 Å². The average molecular weight is 317 g/mol. The van der Waals surface area contributed by atoms with Crippen LogP contribution in [0.25, 0.3) is 0 Å². The van der Waals surface area contributed by atoms with Crippen LogP contribution in [0.5, 0.6) is 11.5 Å². The van der Waals surface area contributed by atoms with Crippen LogP contribution in [0, 0.1) is 0 Å². The Hall–Kier alpha value is -2.00. The van der Waals surface area contributed by atoms with Crippen molar-refractivity contribution in [3.63, 3.8) is 0 Å². The van der Waals surface area contributed by atoms with Crippen LogP contribution in [0.1, 0.15) is 16.7 Å². The summed E-state index contributed by atoms with van der Waals surface area (Å²) >= 11 is 6.25. The summed E-state index contributed by atoms with van der Waals surface area (Å²) in [7, 11) is 3.33. The molecule has 2 aromatic carbocycles. The van der Waals surface area contributed by atoms with Crippen molar-refractivity contribution in [3.05, 3.63) is 58.1 Å². The quantitative estimate of drug-likeness (QED) is 0.805. The number of ether oxygens (including phenoxy) is 2. The van der Waals surface area contributed by atoms with E-state index in [-0.39, 0.29) is 0 Å². The van der Waals surface area contributed by atoms with Gasteiger partial charge in [0.15, 0.2) is 24.3 Å². The van der Waals surface area contributed by atoms with Crippen LogP contribution >= 0.6 is 11.6 Å². The number of benzene rings is 2. The number of hydrogen-bond acceptors (Lipinski definition) is 2. The monoisotopic (exact) mass is 316 g/mol. The van der Waals surface area contributed by atoms with Crippen molar-refractivity contribution in [2.75, 3.05) is 20.8 Å². The Bertz CT molecular complexity index is 725. The topological polar surface area (TPSA) is 21.5 Å². The smallest absolute Gasteiger partial charge is 0.171 e. The molecular weight excluding hydrogens is 298 g/mol. The van der Waals surface area contributed by atoms with Crippen molar-refractivity contribution in [2.24, 2.45) is 0 Å². The Morgan fingerprint density at radius 2 is 1.82 bits per heavy atom. The van der Waals surface area contributed by atoms with E-state index in [2.05, 4.69) is 22.9 Å². The van der Waals surface area contributed by atoms with Crippen molar-refractivity contribution >= 4 is 17.8 Å². The van der Waals surface area contributed by atoms with E-state index in [1.165, 1.54) is 11.1 Å². The highest BCUT2D eigenvalue weighted by Crippen LogP contribution is 2.31. The number of rotatable bonds is 4. The predicted octanol–water partition coefficient (Wildman–Crippen LogP) is 3.54. The third-order valence-corrected chi connectivity index (χ3v) is 4.34. The number of halogens is 1. The summed E-state index contributed by atoms with van der Waals surface area (Å²) in [6, 6.07) is 12.1. The third kappa shape index (κ3) is 2.95. The van der Waals surface area contributed by atoms with Gasteiger partial charge in [0.1, 0.15) is 6.54 Å². The highest BCUT2D eigenvalue weighted by molar-refractivity contribution is 6.31. The van der Waals surface area contributed by atoms with Crippen LogP contribution in [0.3, 0.4) is 0 Å². The van der Waals surface area contributed by atoms with E-state index in [0.29, 0.717) is 0 Å². The number of hydrogen-bond donors (Lipinski definition) is 0. The summed E-state index contributed by atoms with van der Waals surface area (Å²) in [5.41, 5.74) is 3.60. The second-order valence-electron chi connectivity index (χ2n) is 5.35. The fourth-order valence-corrected chi connectivity index (χ4v) is 2.96. The molecule has 0 saturated carbocycles. The lowest BCUT2D eigenvalue weighted by molar-refractivity contribution is -0.540. The SMILES string of the molecule is COc1cc2c(cc1OC)CC[N+](Cc1ccccc1Cl)=C2. The Balaban J connectivity index is 1.91. The number of nitrogens with zero attached hydrogens (tertiary/aromatic N) is 1. The fraction of sp³-hybridized carbons (Fsp3) is 0.278. The van der Waals surface area contributed by atoms with Crippen LogP contribution in [-0.2, 0) is 13.0 Å². The van der Waals surface area contributed by atoms with Crippen molar-refractivity contribution in [1.82, 2.24) is 0 Å². The Labute approximate surface area is 135 Å². The Morgan fingerprint density at radius 1 is 1.09 bits per heavy atom. The number of methoxy groups -OCH3 is 2. The molecule has 114 valence electrons. The standard InChI is InChI=1S/C18H19ClNO2/c1-21-17-9-13-7-8-20(12-15(13)10-18(17)22-2)11-14-5-3-4-6-16(14)19/h3-6,9-10,12H,7-8,11H2,1-2H3/q+1. The lowest BCUT2D eigenvalue weighted by Gasteiger charge is -2.16. The molecule has 0 spiro atoms. The lowest BCUT2D eigenvalue weighted by Crippen LogP contribution is -2.22. The molecule has 0 bridgehead atoms. The largest absolute Gasteiger partial charge is 0.493 e. The molecule has 1 heterocycles. The minimum atomic E-state index is 0.761. The summed E-state index contributed by atoms with van der Waals surface area (Å²) in [5.74, 6) is 1.55. The van der Waals surface area contributed by atoms with E-state index in [4.69, 9.17) is 21.1 Å². The van der Waals surface area contributed by atoms with E-state index in [1.54, 1.807) is 14.2 Å². The van der Waals surface area contributed by atoms with Gasteiger partial charge in [-0.25, -0.2) is 4.58 Å². The molecule has 0 fully saturated rings. The highest BCUT2D eigenvalue weighted by Gasteiger charge is 2.20. The summed E-state index contributed by atoms with van der Waals surface area (Å²) in [6.45, 7) is 1.78. The molecule has 4 heteroatoms. The summed E-state index contributed by atoms with van der Waals surface area (Å²) in [4.78, 5) is 0. The van der Waals surface area contributed by atoms with Gasteiger partial charge in [-0.2, -0.15) is 0 Å². The molecule has 1 aliphatic rings. The molecule has 0 unspecified atom stereocenters. The molecule has 0 N–H and O–H groups in total. The minimum Gasteiger partial charge on any atom is -0.493 e. The molecular formula is C18H19ClNO2+. The molecule has 0 atom stereocenters. The normalized spacial score (nSPS) is 13.3. The average Bonchev–Trinajstić information content (AvgIpc) is 2.55. The van der Waals surface area contributed by atoms with Crippen molar-refractivity contribution < 1.29 is 14.0 Å². The molecule has 2 aromatic rings. The second-order valence-corrected chi connectivity index (χ2v) is 5.75. The summed E-state index contributed by atoms with van der Waals surface area (Å²) in [6.07, 6.45) is 3.15. The first kappa shape index (κ1) is 14.9. The minimum absolute atomic E-state index is 0.761. The van der Waals surface area contributed by atoms with Gasteiger partial charge in [0.25, 0.3) is 0 Å². The molecule has 0 aliphatic carbocycles. The van der Waals surface area contributed by atoms with E-state index >= 15 is 0 Å². The van der Waals surface area contributed by atoms with Crippen LogP contribution in [0.15, 0.2) is 36.4 Å². The van der Waals surface area contributed by atoms with Crippen molar-refractivity contribution in [3.8, 4) is 11.5 Å². The third-order valence-electron chi connectivity index (χ3n) is 3.97. The zero-order chi connectivity index (χ0) is 15.5. The van der Waals surface area contributed by atoms with Gasteiger partial charge in [0, 0.05) is 17.5 Å². The van der Waals surface area contributed by atoms with Crippen molar-refractivity contribution in [1.29, 1.82) is 0 Å². The molecule has 3 nitrogen and oxygen atoms in total. The van der Waals surface area contributed by atoms with Gasteiger partial charge in [-0.1, -0.05) is 29.8 Å². The number of fused-ring (bicyclic) bond motifs is 1. The molecule has 3 rings (SSSR count). The molecule has 22 heavy (non-hydrogen) atoms. The molecule has 0 amide bonds. The van der Waals surface area contributed by atoms with Gasteiger partial charge in [0.05, 0.1) is 19.2 Å². The van der Waals surface area contributed by atoms with E-state index in [0.717, 1.165) is 41.6 Å². The molecule has 0 saturated heterocycles. The van der Waals surface area contributed by atoms with Gasteiger partial charge < -0.3 is 9.47 Å². The zero-order valence-electron chi connectivity index (χ0n) is 12.8. The van der Waals surface area contributed by atoms with Gasteiger partial charge in [-0.05, 0) is 23.8 Å². The molecule has 1 aliphatic heterocycles. The zero-order valence-corrected chi connectivity index (χ0v) is 13.6. The summed E-state index contributed by atoms with van der Waals surface area (Å²) < 4.78 is 13.0. The predicted molar refractivity (Wildman–Crippen MR) is 88.7 cm³/mol. The Morgan fingerprint density at radius 3 is 2.55 bits per heavy atom. The second kappa shape index (κ2) is 6.41. The fourth-order valence-electron chi connectivity index (χ4n) is 2.77.